The number of nitrogens with one attached hydrogen (secondary N) is 1. The number of aromatic nitrogens is 2. The van der Waals surface area contributed by atoms with E-state index in [0.29, 0.717) is 15.9 Å². The van der Waals surface area contributed by atoms with E-state index in [1.165, 1.54) is 12.4 Å². The molecule has 0 amide bonds. The average Bonchev–Trinajstić information content (AvgIpc) is 2.62. The second-order valence-electron chi connectivity index (χ2n) is 3.39. The molecule has 0 aromatic carbocycles. The van der Waals surface area contributed by atoms with Gasteiger partial charge in [0.05, 0.1) is 15.9 Å². The fourth-order valence-corrected chi connectivity index (χ4v) is 4.16. The largest absolute Gasteiger partial charge is 0.375 e. The van der Waals surface area contributed by atoms with Gasteiger partial charge in [0.25, 0.3) is 10.0 Å². The maximum absolute atomic E-state index is 12.2. The summed E-state index contributed by atoms with van der Waals surface area (Å²) in [6.45, 7) is 1.60. The van der Waals surface area contributed by atoms with Crippen LogP contribution < -0.4 is 10.5 Å². The van der Waals surface area contributed by atoms with E-state index in [4.69, 9.17) is 5.73 Å². The highest BCUT2D eigenvalue weighted by Crippen LogP contribution is 2.29. The van der Waals surface area contributed by atoms with Gasteiger partial charge in [-0.1, -0.05) is 11.3 Å². The molecule has 2 rings (SSSR count). The van der Waals surface area contributed by atoms with Crippen molar-refractivity contribution in [3.63, 3.8) is 0 Å². The molecule has 0 fully saturated rings. The van der Waals surface area contributed by atoms with Crippen LogP contribution in [0.25, 0.3) is 0 Å². The predicted molar refractivity (Wildman–Crippen MR) is 74.0 cm³/mol. The van der Waals surface area contributed by atoms with Crippen molar-refractivity contribution in [2.45, 2.75) is 11.1 Å². The van der Waals surface area contributed by atoms with Crippen molar-refractivity contribution in [1.29, 1.82) is 0 Å². The van der Waals surface area contributed by atoms with E-state index in [9.17, 15) is 8.42 Å². The van der Waals surface area contributed by atoms with Gasteiger partial charge in [-0.3, -0.25) is 9.71 Å². The molecular weight excluding hydrogens is 340 g/mol. The molecule has 9 heteroatoms. The van der Waals surface area contributed by atoms with Gasteiger partial charge in [0.1, 0.15) is 0 Å². The first kappa shape index (κ1) is 13.2. The Morgan fingerprint density at radius 3 is 2.78 bits per heavy atom. The average molecular weight is 349 g/mol. The Bertz CT molecular complexity index is 684. The van der Waals surface area contributed by atoms with Crippen LogP contribution >= 0.6 is 27.3 Å². The summed E-state index contributed by atoms with van der Waals surface area (Å²) < 4.78 is 27.4. The highest BCUT2D eigenvalue weighted by atomic mass is 79.9. The lowest BCUT2D eigenvalue weighted by molar-refractivity contribution is 0.602. The van der Waals surface area contributed by atoms with Crippen LogP contribution in [-0.2, 0) is 10.0 Å². The first-order chi connectivity index (χ1) is 8.40. The minimum atomic E-state index is -3.68. The summed E-state index contributed by atoms with van der Waals surface area (Å²) >= 11 is 4.15. The maximum atomic E-state index is 12.2. The molecule has 18 heavy (non-hydrogen) atoms. The first-order valence-electron chi connectivity index (χ1n) is 4.75. The normalized spacial score (nSPS) is 11.4. The van der Waals surface area contributed by atoms with Crippen molar-refractivity contribution >= 4 is 48.1 Å². The third-order valence-corrected chi connectivity index (χ3v) is 5.63. The van der Waals surface area contributed by atoms with Crippen LogP contribution in [0.2, 0.25) is 0 Å². The number of thiazole rings is 1. The molecule has 0 bridgehead atoms. The highest BCUT2D eigenvalue weighted by Gasteiger charge is 2.22. The molecule has 0 aliphatic heterocycles. The Kier molecular flexibility index (Phi) is 3.55. The number of nitrogens with zero attached hydrogens (tertiary/aromatic N) is 2. The van der Waals surface area contributed by atoms with Gasteiger partial charge < -0.3 is 5.73 Å². The topological polar surface area (TPSA) is 98.0 Å². The summed E-state index contributed by atoms with van der Waals surface area (Å²) in [5, 5.41) is 0.224. The van der Waals surface area contributed by atoms with Crippen molar-refractivity contribution < 1.29 is 8.42 Å². The molecule has 2 heterocycles. The number of rotatable bonds is 3. The van der Waals surface area contributed by atoms with E-state index in [1.54, 1.807) is 13.0 Å². The van der Waals surface area contributed by atoms with Gasteiger partial charge in [0.2, 0.25) is 0 Å². The van der Waals surface area contributed by atoms with Crippen LogP contribution in [0, 0.1) is 6.92 Å². The van der Waals surface area contributed by atoms with Crippen LogP contribution in [-0.4, -0.2) is 18.4 Å². The predicted octanol–water partition coefficient (Wildman–Crippen LogP) is 1.99. The zero-order chi connectivity index (χ0) is 13.3. The molecule has 0 saturated carbocycles. The van der Waals surface area contributed by atoms with Crippen LogP contribution in [0.15, 0.2) is 27.1 Å². The number of hydrogen-bond donors (Lipinski definition) is 2. The number of anilines is 2. The molecule has 2 aromatic heterocycles. The Balaban J connectivity index is 2.40. The van der Waals surface area contributed by atoms with E-state index in [2.05, 4.69) is 30.6 Å². The fourth-order valence-electron chi connectivity index (χ4n) is 1.30. The van der Waals surface area contributed by atoms with Crippen molar-refractivity contribution in [2.24, 2.45) is 0 Å². The van der Waals surface area contributed by atoms with Crippen molar-refractivity contribution in [3.05, 3.63) is 28.6 Å². The van der Waals surface area contributed by atoms with E-state index in [0.717, 1.165) is 11.3 Å². The number of nitrogen functional groups attached to an aromatic ring is 1. The second-order valence-corrected chi connectivity index (χ2v) is 7.15. The minimum absolute atomic E-state index is 0.115. The summed E-state index contributed by atoms with van der Waals surface area (Å²) in [6.07, 6.45) is 3.00. The third-order valence-electron chi connectivity index (χ3n) is 2.03. The fraction of sp³-hybridized carbons (Fsp3) is 0.111. The van der Waals surface area contributed by atoms with Gasteiger partial charge in [-0.15, -0.1) is 0 Å². The van der Waals surface area contributed by atoms with Gasteiger partial charge >= 0.3 is 0 Å². The van der Waals surface area contributed by atoms with E-state index in [-0.39, 0.29) is 9.34 Å². The molecule has 0 aliphatic carbocycles. The third kappa shape index (κ3) is 2.62. The summed E-state index contributed by atoms with van der Waals surface area (Å²) in [5.41, 5.74) is 6.29. The quantitative estimate of drug-likeness (QED) is 0.883. The lowest BCUT2D eigenvalue weighted by Gasteiger charge is -2.07. The number of pyridine rings is 1. The first-order valence-corrected chi connectivity index (χ1v) is 7.84. The van der Waals surface area contributed by atoms with E-state index < -0.39 is 10.0 Å². The monoisotopic (exact) mass is 348 g/mol. The summed E-state index contributed by atoms with van der Waals surface area (Å²) in [7, 11) is -3.68. The van der Waals surface area contributed by atoms with E-state index in [1.807, 2.05) is 0 Å². The van der Waals surface area contributed by atoms with Crippen molar-refractivity contribution in [1.82, 2.24) is 9.97 Å². The van der Waals surface area contributed by atoms with Gasteiger partial charge in [0, 0.05) is 12.4 Å². The highest BCUT2D eigenvalue weighted by molar-refractivity contribution is 9.10. The van der Waals surface area contributed by atoms with Crippen LogP contribution in [0.1, 0.15) is 5.69 Å². The Morgan fingerprint density at radius 1 is 1.50 bits per heavy atom. The molecule has 6 nitrogen and oxygen atoms in total. The van der Waals surface area contributed by atoms with Gasteiger partial charge in [-0.05, 0) is 28.9 Å². The summed E-state index contributed by atoms with van der Waals surface area (Å²) in [5.74, 6) is 0. The number of halogens is 1. The molecule has 3 N–H and O–H groups in total. The number of sulfonamides is 1. The molecule has 2 aromatic rings. The number of aryl methyl sites for hydroxylation is 1. The van der Waals surface area contributed by atoms with Crippen molar-refractivity contribution in [3.8, 4) is 0 Å². The smallest absolute Gasteiger partial charge is 0.273 e. The number of hydrogen-bond acceptors (Lipinski definition) is 6. The Hall–Kier alpha value is -1.19. The van der Waals surface area contributed by atoms with Gasteiger partial charge in [-0.25, -0.2) is 13.4 Å². The number of nitrogens with two attached hydrogens (primary N) is 1. The lowest BCUT2D eigenvalue weighted by atomic mass is 10.4. The van der Waals surface area contributed by atoms with Crippen molar-refractivity contribution in [2.75, 3.05) is 10.5 Å². The second kappa shape index (κ2) is 4.82. The molecular formula is C9H9BrN4O2S2. The zero-order valence-corrected chi connectivity index (χ0v) is 12.4. The van der Waals surface area contributed by atoms with Gasteiger partial charge in [0.15, 0.2) is 9.34 Å². The van der Waals surface area contributed by atoms with Crippen LogP contribution in [0.3, 0.4) is 0 Å². The zero-order valence-electron chi connectivity index (χ0n) is 9.21. The Morgan fingerprint density at radius 2 is 2.22 bits per heavy atom. The molecule has 0 atom stereocenters. The molecule has 0 spiro atoms. The molecule has 96 valence electrons. The lowest BCUT2D eigenvalue weighted by Crippen LogP contribution is -2.13. The SMILES string of the molecule is Cc1nc(N)sc1S(=O)(=O)Nc1ccncc1Br. The minimum Gasteiger partial charge on any atom is -0.375 e. The van der Waals surface area contributed by atoms with Crippen LogP contribution in [0.5, 0.6) is 0 Å². The summed E-state index contributed by atoms with van der Waals surface area (Å²) in [6, 6.07) is 1.56. The standard InChI is InChI=1S/C9H9BrN4O2S2/c1-5-8(17-9(11)13-5)18(15,16)14-7-2-3-12-4-6(7)10/h2-4H,1H3,(H2,11,13)(H,12,14). The van der Waals surface area contributed by atoms with Crippen LogP contribution in [0.4, 0.5) is 10.8 Å². The summed E-state index contributed by atoms with van der Waals surface area (Å²) in [4.78, 5) is 7.75. The molecule has 0 saturated heterocycles. The van der Waals surface area contributed by atoms with E-state index >= 15 is 0 Å². The molecule has 0 radical (unpaired) electrons. The van der Waals surface area contributed by atoms with Gasteiger partial charge in [-0.2, -0.15) is 0 Å². The Labute approximate surface area is 116 Å². The molecule has 0 aliphatic rings. The molecule has 0 unspecified atom stereocenters. The maximum Gasteiger partial charge on any atom is 0.273 e.